The van der Waals surface area contributed by atoms with Gasteiger partial charge in [0.05, 0.1) is 42.2 Å². The largest absolute Gasteiger partial charge is 0.271 e. The number of aromatic nitrogens is 2. The molecule has 0 aliphatic carbocycles. The van der Waals surface area contributed by atoms with Crippen molar-refractivity contribution in [3.63, 3.8) is 0 Å². The normalized spacial score (nSPS) is 15.4. The van der Waals surface area contributed by atoms with Gasteiger partial charge in [-0.3, -0.25) is 9.69 Å². The van der Waals surface area contributed by atoms with Gasteiger partial charge in [0.1, 0.15) is 0 Å². The van der Waals surface area contributed by atoms with Crippen LogP contribution in [0.4, 0.5) is 5.69 Å². The SMILES string of the molecule is N#CCCn1cc(C2CC(c3ccccc3)=NN2c2ccccc2)c(-c2ccccc2)n1. The summed E-state index contributed by atoms with van der Waals surface area (Å²) in [5.74, 6) is 0. The third-order valence-electron chi connectivity index (χ3n) is 5.69. The molecular formula is C27H23N5. The maximum Gasteiger partial charge on any atom is 0.0976 e. The molecule has 32 heavy (non-hydrogen) atoms. The molecule has 1 aliphatic heterocycles. The maximum absolute atomic E-state index is 9.07. The van der Waals surface area contributed by atoms with Gasteiger partial charge in [0.2, 0.25) is 0 Å². The van der Waals surface area contributed by atoms with Crippen molar-refractivity contribution < 1.29 is 0 Å². The Morgan fingerprint density at radius 1 is 0.844 bits per heavy atom. The summed E-state index contributed by atoms with van der Waals surface area (Å²) in [6.45, 7) is 0.570. The quantitative estimate of drug-likeness (QED) is 0.397. The van der Waals surface area contributed by atoms with Gasteiger partial charge in [-0.1, -0.05) is 78.9 Å². The molecule has 5 rings (SSSR count). The van der Waals surface area contributed by atoms with E-state index in [2.05, 4.69) is 53.7 Å². The van der Waals surface area contributed by atoms with Crippen LogP contribution in [0.3, 0.4) is 0 Å². The Morgan fingerprint density at radius 3 is 2.12 bits per heavy atom. The van der Waals surface area contributed by atoms with Crippen molar-refractivity contribution in [1.82, 2.24) is 9.78 Å². The second-order valence-corrected chi connectivity index (χ2v) is 7.78. The van der Waals surface area contributed by atoms with E-state index in [0.717, 1.165) is 40.2 Å². The zero-order valence-electron chi connectivity index (χ0n) is 17.7. The van der Waals surface area contributed by atoms with Crippen molar-refractivity contribution in [2.45, 2.75) is 25.4 Å². The van der Waals surface area contributed by atoms with Crippen molar-refractivity contribution >= 4 is 11.4 Å². The molecule has 1 unspecified atom stereocenters. The van der Waals surface area contributed by atoms with Crippen LogP contribution in [-0.4, -0.2) is 15.5 Å². The second kappa shape index (κ2) is 8.91. The van der Waals surface area contributed by atoms with Crippen LogP contribution >= 0.6 is 0 Å². The highest BCUT2D eigenvalue weighted by molar-refractivity contribution is 6.03. The number of hydrogen-bond donors (Lipinski definition) is 0. The Bertz CT molecular complexity index is 1250. The number of nitrogens with zero attached hydrogens (tertiary/aromatic N) is 5. The van der Waals surface area contributed by atoms with E-state index in [-0.39, 0.29) is 6.04 Å². The molecule has 4 aromatic rings. The first-order valence-corrected chi connectivity index (χ1v) is 10.8. The molecule has 3 aromatic carbocycles. The van der Waals surface area contributed by atoms with Crippen LogP contribution in [0.2, 0.25) is 0 Å². The molecule has 0 radical (unpaired) electrons. The number of nitriles is 1. The molecule has 5 nitrogen and oxygen atoms in total. The van der Waals surface area contributed by atoms with Gasteiger partial charge in [-0.05, 0) is 17.7 Å². The lowest BCUT2D eigenvalue weighted by atomic mass is 9.96. The fourth-order valence-corrected chi connectivity index (χ4v) is 4.16. The van der Waals surface area contributed by atoms with E-state index in [9.17, 15) is 0 Å². The summed E-state index contributed by atoms with van der Waals surface area (Å²) in [6, 6.07) is 33.1. The predicted octanol–water partition coefficient (Wildman–Crippen LogP) is 5.82. The molecule has 0 spiro atoms. The van der Waals surface area contributed by atoms with Crippen LogP contribution < -0.4 is 5.01 Å². The number of hydrogen-bond acceptors (Lipinski definition) is 4. The zero-order chi connectivity index (χ0) is 21.8. The number of hydrazone groups is 1. The van der Waals surface area contributed by atoms with Gasteiger partial charge in [-0.2, -0.15) is 15.5 Å². The summed E-state index contributed by atoms with van der Waals surface area (Å²) in [4.78, 5) is 0. The van der Waals surface area contributed by atoms with Crippen LogP contribution in [0.15, 0.2) is 102 Å². The van der Waals surface area contributed by atoms with Crippen molar-refractivity contribution in [2.75, 3.05) is 5.01 Å². The minimum atomic E-state index is 0.0126. The minimum absolute atomic E-state index is 0.0126. The van der Waals surface area contributed by atoms with Gasteiger partial charge in [0.25, 0.3) is 0 Å². The number of anilines is 1. The summed E-state index contributed by atoms with van der Waals surface area (Å²) >= 11 is 0. The van der Waals surface area contributed by atoms with Gasteiger partial charge in [0.15, 0.2) is 0 Å². The molecule has 0 saturated heterocycles. The summed E-state index contributed by atoms with van der Waals surface area (Å²) in [5, 5.41) is 21.1. The van der Waals surface area contributed by atoms with Gasteiger partial charge < -0.3 is 0 Å². The minimum Gasteiger partial charge on any atom is -0.271 e. The molecule has 1 aliphatic rings. The highest BCUT2D eigenvalue weighted by Crippen LogP contribution is 2.40. The van der Waals surface area contributed by atoms with Crippen molar-refractivity contribution in [3.05, 3.63) is 108 Å². The molecule has 0 fully saturated rings. The lowest BCUT2D eigenvalue weighted by Gasteiger charge is -2.23. The fraction of sp³-hybridized carbons (Fsp3) is 0.148. The van der Waals surface area contributed by atoms with Crippen LogP contribution in [0, 0.1) is 11.3 Å². The zero-order valence-corrected chi connectivity index (χ0v) is 17.7. The first-order chi connectivity index (χ1) is 15.8. The van der Waals surface area contributed by atoms with Crippen LogP contribution in [0.5, 0.6) is 0 Å². The monoisotopic (exact) mass is 417 g/mol. The molecule has 1 aromatic heterocycles. The molecule has 0 bridgehead atoms. The summed E-state index contributed by atoms with van der Waals surface area (Å²) in [6.07, 6.45) is 3.29. The first kappa shape index (κ1) is 19.8. The van der Waals surface area contributed by atoms with Gasteiger partial charge in [-0.15, -0.1) is 0 Å². The lowest BCUT2D eigenvalue weighted by Crippen LogP contribution is -2.18. The number of rotatable bonds is 6. The molecule has 0 amide bonds. The standard InChI is InChI=1S/C27H23N5/c28-17-10-18-31-20-24(27(30-31)22-13-6-2-7-14-22)26-19-25(21-11-4-1-5-12-21)29-32(26)23-15-8-3-9-16-23/h1-9,11-16,20,26H,10,18-19H2. The molecule has 156 valence electrons. The summed E-state index contributed by atoms with van der Waals surface area (Å²) in [7, 11) is 0. The predicted molar refractivity (Wildman–Crippen MR) is 127 cm³/mol. The van der Waals surface area contributed by atoms with E-state index in [0.29, 0.717) is 13.0 Å². The van der Waals surface area contributed by atoms with Crippen LogP contribution in [-0.2, 0) is 6.54 Å². The Balaban J connectivity index is 1.61. The third kappa shape index (κ3) is 3.91. The summed E-state index contributed by atoms with van der Waals surface area (Å²) < 4.78 is 1.89. The van der Waals surface area contributed by atoms with Crippen molar-refractivity contribution in [2.24, 2.45) is 5.10 Å². The van der Waals surface area contributed by atoms with Gasteiger partial charge >= 0.3 is 0 Å². The van der Waals surface area contributed by atoms with E-state index in [4.69, 9.17) is 15.5 Å². The highest BCUT2D eigenvalue weighted by Gasteiger charge is 2.33. The lowest BCUT2D eigenvalue weighted by molar-refractivity contribution is 0.626. The molecule has 1 atom stereocenters. The first-order valence-electron chi connectivity index (χ1n) is 10.8. The average molecular weight is 418 g/mol. The topological polar surface area (TPSA) is 57.2 Å². The Kier molecular flexibility index (Phi) is 5.50. The molecular weight excluding hydrogens is 394 g/mol. The number of aryl methyl sites for hydroxylation is 1. The van der Waals surface area contributed by atoms with Crippen LogP contribution in [0.25, 0.3) is 11.3 Å². The maximum atomic E-state index is 9.07. The van der Waals surface area contributed by atoms with Crippen molar-refractivity contribution in [3.8, 4) is 17.3 Å². The molecule has 2 heterocycles. The van der Waals surface area contributed by atoms with E-state index in [1.165, 1.54) is 0 Å². The van der Waals surface area contributed by atoms with E-state index < -0.39 is 0 Å². The Hall–Kier alpha value is -4.17. The average Bonchev–Trinajstić information content (AvgIpc) is 3.49. The Labute approximate surface area is 187 Å². The van der Waals surface area contributed by atoms with E-state index in [1.54, 1.807) is 0 Å². The number of benzene rings is 3. The molecule has 0 saturated carbocycles. The summed E-state index contributed by atoms with van der Waals surface area (Å²) in [5.41, 5.74) is 6.37. The highest BCUT2D eigenvalue weighted by atomic mass is 15.5. The molecule has 0 N–H and O–H groups in total. The smallest absolute Gasteiger partial charge is 0.0976 e. The van der Waals surface area contributed by atoms with E-state index >= 15 is 0 Å². The van der Waals surface area contributed by atoms with Gasteiger partial charge in [0, 0.05) is 23.7 Å². The number of para-hydroxylation sites is 1. The van der Waals surface area contributed by atoms with Crippen LogP contribution in [0.1, 0.15) is 30.0 Å². The Morgan fingerprint density at radius 2 is 1.47 bits per heavy atom. The fourth-order valence-electron chi connectivity index (χ4n) is 4.16. The van der Waals surface area contributed by atoms with Crippen molar-refractivity contribution in [1.29, 1.82) is 5.26 Å². The molecule has 5 heteroatoms. The third-order valence-corrected chi connectivity index (χ3v) is 5.69. The van der Waals surface area contributed by atoms with E-state index in [1.807, 2.05) is 59.3 Å². The van der Waals surface area contributed by atoms with Gasteiger partial charge in [-0.25, -0.2) is 0 Å². The second-order valence-electron chi connectivity index (χ2n) is 7.78.